The number of carbonyl (C=O) groups excluding carboxylic acids is 1. The number of nitrogens with one attached hydrogen (secondary N) is 1. The fraction of sp³-hybridized carbons (Fsp3) is 0.348. The molecule has 1 N–H and O–H groups in total. The van der Waals surface area contributed by atoms with Crippen molar-refractivity contribution in [1.29, 1.82) is 0 Å². The summed E-state index contributed by atoms with van der Waals surface area (Å²) in [5.74, 6) is 0.919. The predicted octanol–water partition coefficient (Wildman–Crippen LogP) is 5.65. The normalized spacial score (nSPS) is 14.2. The van der Waals surface area contributed by atoms with Gasteiger partial charge in [0.1, 0.15) is 0 Å². The third-order valence-corrected chi connectivity index (χ3v) is 6.50. The number of anilines is 1. The summed E-state index contributed by atoms with van der Waals surface area (Å²) in [6.07, 6.45) is 5.85. The van der Waals surface area contributed by atoms with Gasteiger partial charge in [-0.1, -0.05) is 42.7 Å². The predicted molar refractivity (Wildman–Crippen MR) is 116 cm³/mol. The van der Waals surface area contributed by atoms with Crippen molar-refractivity contribution in [2.45, 2.75) is 55.6 Å². The lowest BCUT2D eigenvalue weighted by molar-refractivity contribution is -0.116. The summed E-state index contributed by atoms with van der Waals surface area (Å²) in [7, 11) is 0. The zero-order valence-corrected chi connectivity index (χ0v) is 17.4. The third-order valence-electron chi connectivity index (χ3n) is 5.09. The monoisotopic (exact) mass is 407 g/mol. The molecule has 1 fully saturated rings. The van der Waals surface area contributed by atoms with Crippen molar-refractivity contribution in [3.8, 4) is 11.5 Å². The molecular weight excluding hydrogens is 382 g/mol. The molecule has 1 amide bonds. The number of hydrogen-bond acceptors (Lipinski definition) is 5. The van der Waals surface area contributed by atoms with Gasteiger partial charge >= 0.3 is 0 Å². The lowest BCUT2D eigenvalue weighted by Gasteiger charge is -2.13. The van der Waals surface area contributed by atoms with E-state index >= 15 is 0 Å². The first kappa shape index (κ1) is 19.7. The lowest BCUT2D eigenvalue weighted by Crippen LogP contribution is -2.13. The minimum Gasteiger partial charge on any atom is -0.421 e. The molecular formula is C23H25N3O2S. The van der Waals surface area contributed by atoms with Crippen molar-refractivity contribution in [2.75, 3.05) is 5.32 Å². The van der Waals surface area contributed by atoms with Crippen molar-refractivity contribution in [3.05, 3.63) is 60.0 Å². The molecule has 1 aromatic heterocycles. The topological polar surface area (TPSA) is 68.0 Å². The molecule has 0 radical (unpaired) electrons. The highest BCUT2D eigenvalue weighted by molar-refractivity contribution is 8.00. The Balaban J connectivity index is 1.33. The maximum atomic E-state index is 12.5. The largest absolute Gasteiger partial charge is 0.421 e. The van der Waals surface area contributed by atoms with Gasteiger partial charge in [-0.25, -0.2) is 0 Å². The minimum absolute atomic E-state index is 0.0421. The Kier molecular flexibility index (Phi) is 6.30. The van der Waals surface area contributed by atoms with Crippen LogP contribution in [0.5, 0.6) is 0 Å². The first-order valence-corrected chi connectivity index (χ1v) is 11.0. The van der Waals surface area contributed by atoms with E-state index in [-0.39, 0.29) is 5.91 Å². The van der Waals surface area contributed by atoms with E-state index in [4.69, 9.17) is 4.42 Å². The molecule has 4 rings (SSSR count). The Morgan fingerprint density at radius 3 is 2.66 bits per heavy atom. The highest BCUT2D eigenvalue weighted by Crippen LogP contribution is 2.38. The molecule has 1 saturated carbocycles. The van der Waals surface area contributed by atoms with Crippen LogP contribution in [0.4, 0.5) is 5.69 Å². The van der Waals surface area contributed by atoms with Crippen LogP contribution in [-0.2, 0) is 11.2 Å². The number of nitrogens with zero attached hydrogens (tertiary/aromatic N) is 2. The second kappa shape index (κ2) is 9.27. The molecule has 0 aliphatic heterocycles. The summed E-state index contributed by atoms with van der Waals surface area (Å²) in [5, 5.41) is 11.9. The van der Waals surface area contributed by atoms with Crippen LogP contribution < -0.4 is 5.32 Å². The van der Waals surface area contributed by atoms with E-state index in [9.17, 15) is 4.79 Å². The van der Waals surface area contributed by atoms with Crippen molar-refractivity contribution < 1.29 is 9.21 Å². The first-order valence-electron chi connectivity index (χ1n) is 10.1. The molecule has 0 saturated heterocycles. The van der Waals surface area contributed by atoms with Crippen LogP contribution in [0.15, 0.2) is 57.8 Å². The third kappa shape index (κ3) is 5.26. The molecule has 150 valence electrons. The van der Waals surface area contributed by atoms with E-state index in [1.807, 2.05) is 61.2 Å². The molecule has 0 atom stereocenters. The van der Waals surface area contributed by atoms with Gasteiger partial charge in [-0.3, -0.25) is 4.79 Å². The van der Waals surface area contributed by atoms with Crippen LogP contribution >= 0.6 is 11.8 Å². The Bertz CT molecular complexity index is 962. The smallest absolute Gasteiger partial charge is 0.247 e. The molecule has 1 heterocycles. The SMILES string of the molecule is Cc1ccc(-c2nnc(CCC(=O)Nc3ccccc3SC3CCCC3)o2)cc1. The molecule has 2 aromatic carbocycles. The molecule has 29 heavy (non-hydrogen) atoms. The van der Waals surface area contributed by atoms with Gasteiger partial charge in [-0.2, -0.15) is 0 Å². The Labute approximate surface area is 175 Å². The summed E-state index contributed by atoms with van der Waals surface area (Å²) in [5.41, 5.74) is 2.95. The fourth-order valence-corrected chi connectivity index (χ4v) is 4.79. The van der Waals surface area contributed by atoms with Crippen LogP contribution in [0.3, 0.4) is 0 Å². The maximum Gasteiger partial charge on any atom is 0.247 e. The quantitative estimate of drug-likeness (QED) is 0.548. The molecule has 3 aromatic rings. The van der Waals surface area contributed by atoms with Gasteiger partial charge in [0.05, 0.1) is 5.69 Å². The van der Waals surface area contributed by atoms with E-state index < -0.39 is 0 Å². The fourth-order valence-electron chi connectivity index (χ4n) is 3.46. The number of aromatic nitrogens is 2. The van der Waals surface area contributed by atoms with Crippen molar-refractivity contribution in [3.63, 3.8) is 0 Å². The second-order valence-electron chi connectivity index (χ2n) is 7.44. The number of aryl methyl sites for hydroxylation is 2. The highest BCUT2D eigenvalue weighted by Gasteiger charge is 2.18. The summed E-state index contributed by atoms with van der Waals surface area (Å²) in [6.45, 7) is 2.03. The molecule has 1 aliphatic rings. The maximum absolute atomic E-state index is 12.5. The number of thioether (sulfide) groups is 1. The average Bonchev–Trinajstić information content (AvgIpc) is 3.41. The zero-order chi connectivity index (χ0) is 20.1. The average molecular weight is 408 g/mol. The van der Waals surface area contributed by atoms with E-state index in [1.165, 1.54) is 31.2 Å². The van der Waals surface area contributed by atoms with Crippen LogP contribution in [-0.4, -0.2) is 21.4 Å². The molecule has 0 unspecified atom stereocenters. The Hall–Kier alpha value is -2.60. The van der Waals surface area contributed by atoms with Crippen LogP contribution in [0.1, 0.15) is 43.6 Å². The van der Waals surface area contributed by atoms with Gasteiger partial charge in [0.25, 0.3) is 0 Å². The first-order chi connectivity index (χ1) is 14.2. The van der Waals surface area contributed by atoms with E-state index in [0.29, 0.717) is 29.9 Å². The molecule has 6 heteroatoms. The number of hydrogen-bond donors (Lipinski definition) is 1. The number of amides is 1. The number of para-hydroxylation sites is 1. The summed E-state index contributed by atoms with van der Waals surface area (Å²) < 4.78 is 5.72. The minimum atomic E-state index is -0.0421. The summed E-state index contributed by atoms with van der Waals surface area (Å²) >= 11 is 1.88. The lowest BCUT2D eigenvalue weighted by atomic mass is 10.1. The molecule has 0 spiro atoms. The van der Waals surface area contributed by atoms with Crippen molar-refractivity contribution in [1.82, 2.24) is 10.2 Å². The van der Waals surface area contributed by atoms with Gasteiger partial charge in [-0.15, -0.1) is 22.0 Å². The molecule has 5 nitrogen and oxygen atoms in total. The summed E-state index contributed by atoms with van der Waals surface area (Å²) in [4.78, 5) is 13.6. The molecule has 0 bridgehead atoms. The van der Waals surface area contributed by atoms with Crippen LogP contribution in [0.25, 0.3) is 11.5 Å². The number of rotatable bonds is 7. The van der Waals surface area contributed by atoms with E-state index in [0.717, 1.165) is 16.1 Å². The zero-order valence-electron chi connectivity index (χ0n) is 16.6. The summed E-state index contributed by atoms with van der Waals surface area (Å²) in [6, 6.07) is 16.0. The van der Waals surface area contributed by atoms with Gasteiger partial charge in [0.2, 0.25) is 17.7 Å². The Morgan fingerprint density at radius 1 is 1.10 bits per heavy atom. The molecule has 1 aliphatic carbocycles. The number of carbonyl (C=O) groups is 1. The Morgan fingerprint density at radius 2 is 1.86 bits per heavy atom. The van der Waals surface area contributed by atoms with Crippen LogP contribution in [0, 0.1) is 6.92 Å². The van der Waals surface area contributed by atoms with E-state index in [2.05, 4.69) is 21.6 Å². The van der Waals surface area contributed by atoms with Gasteiger partial charge in [-0.05, 0) is 44.0 Å². The van der Waals surface area contributed by atoms with E-state index in [1.54, 1.807) is 0 Å². The number of benzene rings is 2. The van der Waals surface area contributed by atoms with Crippen LogP contribution in [0.2, 0.25) is 0 Å². The van der Waals surface area contributed by atoms with Gasteiger partial charge in [0, 0.05) is 28.6 Å². The van der Waals surface area contributed by atoms with Gasteiger partial charge in [0.15, 0.2) is 0 Å². The van der Waals surface area contributed by atoms with Crippen molar-refractivity contribution >= 4 is 23.4 Å². The van der Waals surface area contributed by atoms with Gasteiger partial charge < -0.3 is 9.73 Å². The van der Waals surface area contributed by atoms with Crippen molar-refractivity contribution in [2.24, 2.45) is 0 Å². The second-order valence-corrected chi connectivity index (χ2v) is 8.78. The highest BCUT2D eigenvalue weighted by atomic mass is 32.2. The standard InChI is InChI=1S/C23H25N3O2S/c1-16-10-12-17(13-11-16)23-26-25-22(28-23)15-14-21(27)24-19-8-4-5-9-20(19)29-18-6-2-3-7-18/h4-5,8-13,18H,2-3,6-7,14-15H2,1H3,(H,24,27).